The number of nitrogens with one attached hydrogen (secondary N) is 1. The first-order valence-corrected chi connectivity index (χ1v) is 8.20. The lowest BCUT2D eigenvalue weighted by Crippen LogP contribution is -2.28. The second-order valence-electron chi connectivity index (χ2n) is 5.65. The monoisotopic (exact) mass is 340 g/mol. The predicted octanol–water partition coefficient (Wildman–Crippen LogP) is 3.38. The Hall–Kier alpha value is -2.37. The number of rotatable bonds is 3. The Labute approximate surface area is 145 Å². The molecule has 5 nitrogen and oxygen atoms in total. The summed E-state index contributed by atoms with van der Waals surface area (Å²) in [5.41, 5.74) is 5.25. The third-order valence-electron chi connectivity index (χ3n) is 4.24. The van der Waals surface area contributed by atoms with E-state index in [0.717, 1.165) is 47.8 Å². The Kier molecular flexibility index (Phi) is 3.96. The lowest BCUT2D eigenvalue weighted by atomic mass is 9.98. The molecule has 3 aromatic rings. The minimum atomic E-state index is 0.645. The van der Waals surface area contributed by atoms with Crippen LogP contribution >= 0.6 is 11.6 Å². The zero-order chi connectivity index (χ0) is 16.5. The van der Waals surface area contributed by atoms with E-state index in [9.17, 15) is 0 Å². The number of pyridine rings is 1. The van der Waals surface area contributed by atoms with E-state index in [1.807, 2.05) is 30.3 Å². The van der Waals surface area contributed by atoms with Crippen LogP contribution in [0.5, 0.6) is 5.75 Å². The molecule has 122 valence electrons. The van der Waals surface area contributed by atoms with Gasteiger partial charge >= 0.3 is 0 Å². The van der Waals surface area contributed by atoms with Gasteiger partial charge in [-0.1, -0.05) is 11.6 Å². The van der Waals surface area contributed by atoms with Gasteiger partial charge in [0, 0.05) is 41.6 Å². The quantitative estimate of drug-likeness (QED) is 0.794. The van der Waals surface area contributed by atoms with Crippen LogP contribution in [0.15, 0.2) is 42.7 Å². The smallest absolute Gasteiger partial charge is 0.129 e. The second-order valence-corrected chi connectivity index (χ2v) is 6.09. The van der Waals surface area contributed by atoms with Gasteiger partial charge in [-0.2, -0.15) is 5.10 Å². The molecular weight excluding hydrogens is 324 g/mol. The highest BCUT2D eigenvalue weighted by Gasteiger charge is 2.24. The van der Waals surface area contributed by atoms with Crippen molar-refractivity contribution in [1.82, 2.24) is 20.1 Å². The summed E-state index contributed by atoms with van der Waals surface area (Å²) < 4.78 is 7.62. The standard InChI is InChI=1S/C18H17ClN4O/c1-24-16-10-13(19)2-3-14(16)18-17(12-4-6-20-7-5-12)15-11-21-8-9-23(15)22-18/h2-7,10,21H,8-9,11H2,1H3. The molecule has 1 aliphatic rings. The molecule has 0 spiro atoms. The Morgan fingerprint density at radius 2 is 2.04 bits per heavy atom. The maximum atomic E-state index is 6.12. The molecule has 4 rings (SSSR count). The minimum absolute atomic E-state index is 0.645. The molecular formula is C18H17ClN4O. The van der Waals surface area contributed by atoms with E-state index >= 15 is 0 Å². The van der Waals surface area contributed by atoms with Gasteiger partial charge in [0.1, 0.15) is 11.4 Å². The predicted molar refractivity (Wildman–Crippen MR) is 94.2 cm³/mol. The highest BCUT2D eigenvalue weighted by molar-refractivity contribution is 6.30. The van der Waals surface area contributed by atoms with Crippen molar-refractivity contribution in [3.05, 3.63) is 53.4 Å². The van der Waals surface area contributed by atoms with Crippen molar-refractivity contribution >= 4 is 11.6 Å². The molecule has 0 aliphatic carbocycles. The highest BCUT2D eigenvalue weighted by atomic mass is 35.5. The Balaban J connectivity index is 1.98. The first-order chi connectivity index (χ1) is 11.8. The van der Waals surface area contributed by atoms with Crippen LogP contribution < -0.4 is 10.1 Å². The van der Waals surface area contributed by atoms with Crippen molar-refractivity contribution in [2.45, 2.75) is 13.1 Å². The molecule has 1 aliphatic heterocycles. The highest BCUT2D eigenvalue weighted by Crippen LogP contribution is 2.40. The van der Waals surface area contributed by atoms with Gasteiger partial charge in [0.15, 0.2) is 0 Å². The van der Waals surface area contributed by atoms with Gasteiger partial charge < -0.3 is 10.1 Å². The van der Waals surface area contributed by atoms with Crippen LogP contribution in [0.2, 0.25) is 5.02 Å². The van der Waals surface area contributed by atoms with Gasteiger partial charge in [-0.05, 0) is 35.9 Å². The first-order valence-electron chi connectivity index (χ1n) is 7.82. The number of hydrogen-bond acceptors (Lipinski definition) is 4. The fraction of sp³-hybridized carbons (Fsp3) is 0.222. The van der Waals surface area contributed by atoms with E-state index in [0.29, 0.717) is 5.02 Å². The van der Waals surface area contributed by atoms with Crippen LogP contribution in [0.25, 0.3) is 22.4 Å². The number of methoxy groups -OCH3 is 1. The number of fused-ring (bicyclic) bond motifs is 1. The third kappa shape index (κ3) is 2.56. The summed E-state index contributed by atoms with van der Waals surface area (Å²) in [6, 6.07) is 9.68. The summed E-state index contributed by atoms with van der Waals surface area (Å²) in [5.74, 6) is 0.723. The van der Waals surface area contributed by atoms with E-state index in [-0.39, 0.29) is 0 Å². The normalized spacial score (nSPS) is 13.6. The Morgan fingerprint density at radius 1 is 1.21 bits per heavy atom. The van der Waals surface area contributed by atoms with Gasteiger partial charge in [-0.3, -0.25) is 9.67 Å². The molecule has 24 heavy (non-hydrogen) atoms. The number of hydrogen-bond donors (Lipinski definition) is 1. The van der Waals surface area contributed by atoms with Gasteiger partial charge in [-0.25, -0.2) is 0 Å². The first kappa shape index (κ1) is 15.2. The maximum absolute atomic E-state index is 6.12. The van der Waals surface area contributed by atoms with E-state index in [1.165, 1.54) is 5.69 Å². The number of nitrogens with zero attached hydrogens (tertiary/aromatic N) is 3. The topological polar surface area (TPSA) is 52.0 Å². The molecule has 1 N–H and O–H groups in total. The average Bonchev–Trinajstić information content (AvgIpc) is 3.01. The maximum Gasteiger partial charge on any atom is 0.129 e. The molecule has 0 radical (unpaired) electrons. The zero-order valence-corrected chi connectivity index (χ0v) is 14.0. The summed E-state index contributed by atoms with van der Waals surface area (Å²) >= 11 is 6.12. The fourth-order valence-electron chi connectivity index (χ4n) is 3.12. The molecule has 3 heterocycles. The van der Waals surface area contributed by atoms with E-state index < -0.39 is 0 Å². The Bertz CT molecular complexity index is 876. The number of ether oxygens (including phenoxy) is 1. The number of halogens is 1. The molecule has 0 bridgehead atoms. The molecule has 0 unspecified atom stereocenters. The summed E-state index contributed by atoms with van der Waals surface area (Å²) in [4.78, 5) is 4.13. The lowest BCUT2D eigenvalue weighted by Gasteiger charge is -2.16. The SMILES string of the molecule is COc1cc(Cl)ccc1-c1nn2c(c1-c1ccncc1)CNCC2. The molecule has 0 fully saturated rings. The van der Waals surface area contributed by atoms with E-state index in [4.69, 9.17) is 21.4 Å². The van der Waals surface area contributed by atoms with Gasteiger partial charge in [0.25, 0.3) is 0 Å². The number of aromatic nitrogens is 3. The van der Waals surface area contributed by atoms with Gasteiger partial charge in [0.05, 0.1) is 19.3 Å². The summed E-state index contributed by atoms with van der Waals surface area (Å²) in [7, 11) is 1.65. The molecule has 1 aromatic carbocycles. The molecule has 0 saturated heterocycles. The molecule has 0 saturated carbocycles. The van der Waals surface area contributed by atoms with Crippen LogP contribution in [-0.4, -0.2) is 28.4 Å². The van der Waals surface area contributed by atoms with E-state index in [1.54, 1.807) is 19.5 Å². The largest absolute Gasteiger partial charge is 0.496 e. The van der Waals surface area contributed by atoms with Crippen molar-refractivity contribution < 1.29 is 4.74 Å². The summed E-state index contributed by atoms with van der Waals surface area (Å²) in [6.45, 7) is 2.56. The molecule has 6 heteroatoms. The minimum Gasteiger partial charge on any atom is -0.496 e. The van der Waals surface area contributed by atoms with Gasteiger partial charge in [0.2, 0.25) is 0 Å². The van der Waals surface area contributed by atoms with Crippen LogP contribution in [0.4, 0.5) is 0 Å². The zero-order valence-electron chi connectivity index (χ0n) is 13.3. The van der Waals surface area contributed by atoms with Crippen LogP contribution in [0.3, 0.4) is 0 Å². The van der Waals surface area contributed by atoms with E-state index in [2.05, 4.69) is 15.0 Å². The molecule has 0 atom stereocenters. The summed E-state index contributed by atoms with van der Waals surface area (Å²) in [5, 5.41) is 8.94. The lowest BCUT2D eigenvalue weighted by molar-refractivity contribution is 0.416. The number of benzene rings is 1. The van der Waals surface area contributed by atoms with Crippen molar-refractivity contribution in [1.29, 1.82) is 0 Å². The molecule has 2 aromatic heterocycles. The van der Waals surface area contributed by atoms with Crippen LogP contribution in [0, 0.1) is 0 Å². The third-order valence-corrected chi connectivity index (χ3v) is 4.47. The second kappa shape index (κ2) is 6.26. The molecule has 0 amide bonds. The van der Waals surface area contributed by atoms with Crippen molar-refractivity contribution in [3.63, 3.8) is 0 Å². The van der Waals surface area contributed by atoms with Crippen LogP contribution in [0.1, 0.15) is 5.69 Å². The average molecular weight is 341 g/mol. The summed E-state index contributed by atoms with van der Waals surface area (Å²) in [6.07, 6.45) is 3.61. The van der Waals surface area contributed by atoms with Crippen molar-refractivity contribution in [2.75, 3.05) is 13.7 Å². The van der Waals surface area contributed by atoms with Gasteiger partial charge in [-0.15, -0.1) is 0 Å². The fourth-order valence-corrected chi connectivity index (χ4v) is 3.29. The van der Waals surface area contributed by atoms with Crippen molar-refractivity contribution in [2.24, 2.45) is 0 Å². The van der Waals surface area contributed by atoms with Crippen molar-refractivity contribution in [3.8, 4) is 28.1 Å². The van der Waals surface area contributed by atoms with Crippen LogP contribution in [-0.2, 0) is 13.1 Å². The Morgan fingerprint density at radius 3 is 2.83 bits per heavy atom.